The zero-order chi connectivity index (χ0) is 15.9. The van der Waals surface area contributed by atoms with Crippen LogP contribution >= 0.6 is 0 Å². The maximum atomic E-state index is 11.2. The summed E-state index contributed by atoms with van der Waals surface area (Å²) in [6, 6.07) is -0.282. The van der Waals surface area contributed by atoms with Crippen LogP contribution in [0.4, 0.5) is 0 Å². The van der Waals surface area contributed by atoms with E-state index < -0.39 is 11.8 Å². The van der Waals surface area contributed by atoms with Gasteiger partial charge in [0.2, 0.25) is 11.6 Å². The van der Waals surface area contributed by atoms with Gasteiger partial charge >= 0.3 is 0 Å². The highest BCUT2D eigenvalue weighted by atomic mass is 16.4. The summed E-state index contributed by atoms with van der Waals surface area (Å²) in [5.41, 5.74) is -1.88. The minimum atomic E-state index is -1.88. The topological polar surface area (TPSA) is 110 Å². The van der Waals surface area contributed by atoms with E-state index in [9.17, 15) is 19.8 Å². The average Bonchev–Trinajstić information content (AvgIpc) is 2.42. The fourth-order valence-corrected chi connectivity index (χ4v) is 2.72. The lowest BCUT2D eigenvalue weighted by Gasteiger charge is -2.45. The van der Waals surface area contributed by atoms with Gasteiger partial charge in [0.15, 0.2) is 6.29 Å². The van der Waals surface area contributed by atoms with Gasteiger partial charge in [0.05, 0.1) is 0 Å². The zero-order valence-corrected chi connectivity index (χ0v) is 12.5. The van der Waals surface area contributed by atoms with Gasteiger partial charge in [-0.25, -0.2) is 0 Å². The molecule has 1 amide bonds. The molecule has 4 N–H and O–H groups in total. The number of piperidine rings is 1. The Hall–Kier alpha value is -1.02. The molecule has 1 aliphatic rings. The lowest BCUT2D eigenvalue weighted by Crippen LogP contribution is -2.66. The molecule has 1 fully saturated rings. The van der Waals surface area contributed by atoms with Gasteiger partial charge in [-0.15, -0.1) is 0 Å². The molecule has 0 bridgehead atoms. The van der Waals surface area contributed by atoms with E-state index in [1.165, 1.54) is 11.8 Å². The molecule has 1 aliphatic heterocycles. The molecule has 7 nitrogen and oxygen atoms in total. The Bertz CT molecular complexity index is 352. The first-order valence-corrected chi connectivity index (χ1v) is 7.43. The standard InChI is InChI=1S/C14H26N2O5/c1-11(19)15-12-8-13(20)14(21,10-18)16(9-12)6-4-2-3-5-7-17/h10,12-13,17,20-21H,2-9H2,1H3,(H,15,19)/t12-,13?,14?/m0/s1. The van der Waals surface area contributed by atoms with Crippen LogP contribution in [-0.4, -0.2) is 70.0 Å². The smallest absolute Gasteiger partial charge is 0.217 e. The van der Waals surface area contributed by atoms with Gasteiger partial charge in [0.25, 0.3) is 0 Å². The summed E-state index contributed by atoms with van der Waals surface area (Å²) in [4.78, 5) is 23.8. The second-order valence-corrected chi connectivity index (χ2v) is 5.63. The van der Waals surface area contributed by atoms with Crippen molar-refractivity contribution in [2.45, 2.75) is 56.9 Å². The van der Waals surface area contributed by atoms with Crippen molar-refractivity contribution >= 4 is 12.2 Å². The quantitative estimate of drug-likeness (QED) is 0.338. The number of aliphatic hydroxyl groups excluding tert-OH is 2. The summed E-state index contributed by atoms with van der Waals surface area (Å²) in [6.07, 6.45) is 2.52. The molecular formula is C14H26N2O5. The van der Waals surface area contributed by atoms with Crippen LogP contribution in [0.1, 0.15) is 39.0 Å². The molecule has 1 rings (SSSR count). The normalized spacial score (nSPS) is 30.1. The van der Waals surface area contributed by atoms with E-state index in [4.69, 9.17) is 5.11 Å². The third-order valence-electron chi connectivity index (χ3n) is 3.86. The first-order valence-electron chi connectivity index (χ1n) is 7.43. The molecule has 0 aromatic heterocycles. The second-order valence-electron chi connectivity index (χ2n) is 5.63. The zero-order valence-electron chi connectivity index (χ0n) is 12.5. The first-order chi connectivity index (χ1) is 9.93. The molecular weight excluding hydrogens is 276 g/mol. The van der Waals surface area contributed by atoms with Crippen molar-refractivity contribution in [2.75, 3.05) is 19.7 Å². The van der Waals surface area contributed by atoms with Gasteiger partial charge in [-0.05, 0) is 19.3 Å². The van der Waals surface area contributed by atoms with Crippen LogP contribution in [-0.2, 0) is 9.59 Å². The van der Waals surface area contributed by atoms with E-state index in [1.54, 1.807) is 0 Å². The first kappa shape index (κ1) is 18.0. The molecule has 0 radical (unpaired) electrons. The molecule has 2 unspecified atom stereocenters. The summed E-state index contributed by atoms with van der Waals surface area (Å²) in [5.74, 6) is -0.202. The molecule has 0 saturated carbocycles. The largest absolute Gasteiger partial charge is 0.396 e. The van der Waals surface area contributed by atoms with Gasteiger partial charge in [0, 0.05) is 32.7 Å². The van der Waals surface area contributed by atoms with Crippen LogP contribution in [0, 0.1) is 0 Å². The summed E-state index contributed by atoms with van der Waals surface area (Å²) in [7, 11) is 0. The predicted molar refractivity (Wildman–Crippen MR) is 76.4 cm³/mol. The monoisotopic (exact) mass is 302 g/mol. The maximum absolute atomic E-state index is 11.2. The highest BCUT2D eigenvalue weighted by Crippen LogP contribution is 2.25. The Kier molecular flexibility index (Phi) is 7.24. The van der Waals surface area contributed by atoms with Gasteiger partial charge < -0.3 is 20.6 Å². The molecule has 0 aromatic rings. The molecule has 1 saturated heterocycles. The minimum Gasteiger partial charge on any atom is -0.396 e. The third kappa shape index (κ3) is 5.03. The number of aliphatic hydroxyl groups is 3. The number of hydrogen-bond donors (Lipinski definition) is 4. The number of nitrogens with one attached hydrogen (secondary N) is 1. The van der Waals surface area contributed by atoms with Gasteiger partial charge in [0.1, 0.15) is 6.10 Å². The van der Waals surface area contributed by atoms with Gasteiger partial charge in [-0.2, -0.15) is 0 Å². The molecule has 122 valence electrons. The molecule has 0 aliphatic carbocycles. The Labute approximate surface area is 124 Å². The Morgan fingerprint density at radius 1 is 1.38 bits per heavy atom. The van der Waals surface area contributed by atoms with Crippen LogP contribution in [0.2, 0.25) is 0 Å². The average molecular weight is 302 g/mol. The molecule has 1 heterocycles. The van der Waals surface area contributed by atoms with E-state index in [2.05, 4.69) is 5.32 Å². The number of nitrogens with zero attached hydrogens (tertiary/aromatic N) is 1. The summed E-state index contributed by atoms with van der Waals surface area (Å²) < 4.78 is 0. The number of carbonyl (C=O) groups is 2. The van der Waals surface area contributed by atoms with E-state index in [0.29, 0.717) is 19.4 Å². The van der Waals surface area contributed by atoms with E-state index in [1.807, 2.05) is 0 Å². The highest BCUT2D eigenvalue weighted by Gasteiger charge is 2.47. The third-order valence-corrected chi connectivity index (χ3v) is 3.86. The lowest BCUT2D eigenvalue weighted by atomic mass is 9.92. The van der Waals surface area contributed by atoms with E-state index >= 15 is 0 Å². The minimum absolute atomic E-state index is 0.149. The number of rotatable bonds is 8. The molecule has 21 heavy (non-hydrogen) atoms. The van der Waals surface area contributed by atoms with Crippen molar-refractivity contribution in [3.8, 4) is 0 Å². The summed E-state index contributed by atoms with van der Waals surface area (Å²) >= 11 is 0. The van der Waals surface area contributed by atoms with Crippen molar-refractivity contribution in [1.29, 1.82) is 0 Å². The van der Waals surface area contributed by atoms with Crippen molar-refractivity contribution in [1.82, 2.24) is 10.2 Å². The number of likely N-dealkylation sites (tertiary alicyclic amines) is 1. The number of amides is 1. The fraction of sp³-hybridized carbons (Fsp3) is 0.857. The summed E-state index contributed by atoms with van der Waals surface area (Å²) in [5, 5.41) is 31.8. The van der Waals surface area contributed by atoms with Crippen LogP contribution in [0.25, 0.3) is 0 Å². The summed E-state index contributed by atoms with van der Waals surface area (Å²) in [6.45, 7) is 2.33. The van der Waals surface area contributed by atoms with Crippen molar-refractivity contribution in [2.24, 2.45) is 0 Å². The maximum Gasteiger partial charge on any atom is 0.217 e. The van der Waals surface area contributed by atoms with Crippen LogP contribution in [0.3, 0.4) is 0 Å². The Morgan fingerprint density at radius 2 is 2.05 bits per heavy atom. The van der Waals surface area contributed by atoms with Crippen LogP contribution < -0.4 is 5.32 Å². The highest BCUT2D eigenvalue weighted by molar-refractivity contribution is 5.73. The SMILES string of the molecule is CC(=O)N[C@H]1CC(O)C(O)(C=O)N(CCCCCCO)C1. The van der Waals surface area contributed by atoms with Gasteiger partial charge in [-0.3, -0.25) is 14.5 Å². The Balaban J connectivity index is 2.60. The van der Waals surface area contributed by atoms with E-state index in [-0.39, 0.29) is 25.0 Å². The molecule has 0 spiro atoms. The Morgan fingerprint density at radius 3 is 2.62 bits per heavy atom. The van der Waals surface area contributed by atoms with E-state index in [0.717, 1.165) is 25.7 Å². The number of unbranched alkanes of at least 4 members (excludes halogenated alkanes) is 3. The van der Waals surface area contributed by atoms with Crippen LogP contribution in [0.5, 0.6) is 0 Å². The van der Waals surface area contributed by atoms with Crippen LogP contribution in [0.15, 0.2) is 0 Å². The number of hydrogen-bond acceptors (Lipinski definition) is 6. The second kappa shape index (κ2) is 8.43. The number of aldehydes is 1. The van der Waals surface area contributed by atoms with Crippen molar-refractivity contribution in [3.05, 3.63) is 0 Å². The van der Waals surface area contributed by atoms with Gasteiger partial charge in [-0.1, -0.05) is 12.8 Å². The number of carbonyl (C=O) groups excluding carboxylic acids is 2. The molecule has 7 heteroatoms. The predicted octanol–water partition coefficient (Wildman–Crippen LogP) is -1.00. The molecule has 3 atom stereocenters. The fourth-order valence-electron chi connectivity index (χ4n) is 2.72. The van der Waals surface area contributed by atoms with Crippen molar-refractivity contribution < 1.29 is 24.9 Å². The molecule has 0 aromatic carbocycles. The van der Waals surface area contributed by atoms with Crippen molar-refractivity contribution in [3.63, 3.8) is 0 Å². The lowest BCUT2D eigenvalue weighted by molar-refractivity contribution is -0.195.